The van der Waals surface area contributed by atoms with E-state index < -0.39 is 6.10 Å². The molecule has 0 aromatic heterocycles. The fourth-order valence-electron chi connectivity index (χ4n) is 2.13. The quantitative estimate of drug-likeness (QED) is 0.587. The highest BCUT2D eigenvalue weighted by molar-refractivity contribution is 4.71. The van der Waals surface area contributed by atoms with Gasteiger partial charge in [-0.2, -0.15) is 0 Å². The van der Waals surface area contributed by atoms with Crippen LogP contribution in [0.1, 0.15) is 45.4 Å². The first-order chi connectivity index (χ1) is 8.83. The van der Waals surface area contributed by atoms with Crippen molar-refractivity contribution in [2.24, 2.45) is 0 Å². The van der Waals surface area contributed by atoms with Crippen molar-refractivity contribution >= 4 is 0 Å². The third-order valence-corrected chi connectivity index (χ3v) is 3.29. The molecule has 1 saturated heterocycles. The predicted molar refractivity (Wildman–Crippen MR) is 72.8 cm³/mol. The summed E-state index contributed by atoms with van der Waals surface area (Å²) < 4.78 is 10.8. The van der Waals surface area contributed by atoms with E-state index in [1.54, 1.807) is 0 Å². The molecule has 18 heavy (non-hydrogen) atoms. The number of aliphatic hydroxyl groups is 1. The second-order valence-corrected chi connectivity index (χ2v) is 5.09. The van der Waals surface area contributed by atoms with Gasteiger partial charge in [0.25, 0.3) is 0 Å². The molecule has 2 atom stereocenters. The molecule has 2 unspecified atom stereocenters. The van der Waals surface area contributed by atoms with Gasteiger partial charge in [0, 0.05) is 19.3 Å². The third kappa shape index (κ3) is 8.03. The van der Waals surface area contributed by atoms with Gasteiger partial charge >= 0.3 is 0 Å². The van der Waals surface area contributed by atoms with Crippen molar-refractivity contribution in [1.82, 2.24) is 5.32 Å². The van der Waals surface area contributed by atoms with Gasteiger partial charge in [0.05, 0.1) is 13.2 Å². The Kier molecular flexibility index (Phi) is 9.48. The van der Waals surface area contributed by atoms with Crippen molar-refractivity contribution in [3.8, 4) is 0 Å². The molecular formula is C14H29NO3. The van der Waals surface area contributed by atoms with E-state index in [4.69, 9.17) is 9.47 Å². The van der Waals surface area contributed by atoms with Crippen LogP contribution in [0.2, 0.25) is 0 Å². The molecule has 1 fully saturated rings. The summed E-state index contributed by atoms with van der Waals surface area (Å²) in [6.45, 7) is 5.50. The predicted octanol–water partition coefficient (Wildman–Crippen LogP) is 1.71. The number of unbranched alkanes of at least 4 members (excludes halogenated alkanes) is 1. The van der Waals surface area contributed by atoms with Gasteiger partial charge in [-0.1, -0.05) is 19.8 Å². The largest absolute Gasteiger partial charge is 0.388 e. The van der Waals surface area contributed by atoms with E-state index in [1.807, 2.05) is 0 Å². The summed E-state index contributed by atoms with van der Waals surface area (Å²) in [6.07, 6.45) is 6.62. The van der Waals surface area contributed by atoms with Crippen LogP contribution in [0.25, 0.3) is 0 Å². The van der Waals surface area contributed by atoms with Gasteiger partial charge in [0.15, 0.2) is 0 Å². The maximum Gasteiger partial charge on any atom is 0.101 e. The van der Waals surface area contributed by atoms with Crippen LogP contribution in [-0.4, -0.2) is 50.2 Å². The zero-order valence-electron chi connectivity index (χ0n) is 11.7. The fourth-order valence-corrected chi connectivity index (χ4v) is 2.13. The van der Waals surface area contributed by atoms with Gasteiger partial charge < -0.3 is 19.9 Å². The highest BCUT2D eigenvalue weighted by Gasteiger charge is 2.12. The van der Waals surface area contributed by atoms with E-state index in [1.165, 1.54) is 19.3 Å². The highest BCUT2D eigenvalue weighted by atomic mass is 16.5. The molecule has 0 spiro atoms. The van der Waals surface area contributed by atoms with Crippen molar-refractivity contribution in [3.05, 3.63) is 0 Å². The number of aliphatic hydroxyl groups excluding tert-OH is 1. The van der Waals surface area contributed by atoms with Crippen molar-refractivity contribution in [2.75, 3.05) is 33.0 Å². The van der Waals surface area contributed by atoms with E-state index in [2.05, 4.69) is 12.2 Å². The topological polar surface area (TPSA) is 50.7 Å². The van der Waals surface area contributed by atoms with Crippen LogP contribution in [0, 0.1) is 0 Å². The van der Waals surface area contributed by atoms with Crippen LogP contribution < -0.4 is 5.32 Å². The van der Waals surface area contributed by atoms with E-state index in [-0.39, 0.29) is 0 Å². The van der Waals surface area contributed by atoms with Gasteiger partial charge in [-0.25, -0.2) is 0 Å². The molecular weight excluding hydrogens is 230 g/mol. The van der Waals surface area contributed by atoms with Crippen LogP contribution >= 0.6 is 0 Å². The molecule has 108 valence electrons. The lowest BCUT2D eigenvalue weighted by atomic mass is 10.0. The number of hydrogen-bond donors (Lipinski definition) is 2. The molecule has 4 heteroatoms. The summed E-state index contributed by atoms with van der Waals surface area (Å²) in [4.78, 5) is 0. The molecule has 0 bridgehead atoms. The molecule has 4 nitrogen and oxygen atoms in total. The first-order valence-electron chi connectivity index (χ1n) is 7.40. The Morgan fingerprint density at radius 1 is 1.22 bits per heavy atom. The van der Waals surface area contributed by atoms with Crippen molar-refractivity contribution in [1.29, 1.82) is 0 Å². The summed E-state index contributed by atoms with van der Waals surface area (Å²) in [5, 5.41) is 13.1. The Labute approximate surface area is 111 Å². The molecule has 0 radical (unpaired) electrons. The standard InChI is InChI=1S/C14H29NO3/c1-2-3-9-17-11-14(16)12-18-10-7-13-6-4-5-8-15-13/h13-16H,2-12H2,1H3. The Bertz CT molecular complexity index is 184. The van der Waals surface area contributed by atoms with Gasteiger partial charge in [-0.3, -0.25) is 0 Å². The Morgan fingerprint density at radius 2 is 2.00 bits per heavy atom. The van der Waals surface area contributed by atoms with Crippen LogP contribution in [-0.2, 0) is 9.47 Å². The van der Waals surface area contributed by atoms with Crippen LogP contribution in [0.3, 0.4) is 0 Å². The smallest absolute Gasteiger partial charge is 0.101 e. The van der Waals surface area contributed by atoms with Crippen LogP contribution in [0.15, 0.2) is 0 Å². The second-order valence-electron chi connectivity index (χ2n) is 5.09. The average molecular weight is 259 g/mol. The van der Waals surface area contributed by atoms with Crippen LogP contribution in [0.5, 0.6) is 0 Å². The van der Waals surface area contributed by atoms with Gasteiger partial charge in [0.1, 0.15) is 6.10 Å². The minimum Gasteiger partial charge on any atom is -0.388 e. The van der Waals surface area contributed by atoms with E-state index >= 15 is 0 Å². The first-order valence-corrected chi connectivity index (χ1v) is 7.40. The zero-order valence-corrected chi connectivity index (χ0v) is 11.7. The number of nitrogens with one attached hydrogen (secondary N) is 1. The molecule has 0 aromatic carbocycles. The lowest BCUT2D eigenvalue weighted by Gasteiger charge is -2.23. The summed E-state index contributed by atoms with van der Waals surface area (Å²) in [5.74, 6) is 0. The van der Waals surface area contributed by atoms with Crippen molar-refractivity contribution < 1.29 is 14.6 Å². The molecule has 1 aliphatic rings. The van der Waals surface area contributed by atoms with Gasteiger partial charge in [-0.05, 0) is 32.2 Å². The van der Waals surface area contributed by atoms with E-state index in [0.717, 1.165) is 39.0 Å². The highest BCUT2D eigenvalue weighted by Crippen LogP contribution is 2.09. The number of rotatable bonds is 10. The summed E-state index contributed by atoms with van der Waals surface area (Å²) in [6, 6.07) is 0.608. The minimum atomic E-state index is -0.485. The first kappa shape index (κ1) is 15.9. The summed E-state index contributed by atoms with van der Waals surface area (Å²) in [7, 11) is 0. The fraction of sp³-hybridized carbons (Fsp3) is 1.00. The normalized spacial score (nSPS) is 22.0. The number of hydrogen-bond acceptors (Lipinski definition) is 4. The molecule has 0 amide bonds. The van der Waals surface area contributed by atoms with Crippen molar-refractivity contribution in [3.63, 3.8) is 0 Å². The molecule has 0 aromatic rings. The van der Waals surface area contributed by atoms with Crippen LogP contribution in [0.4, 0.5) is 0 Å². The molecule has 0 saturated carbocycles. The molecule has 2 N–H and O–H groups in total. The maximum atomic E-state index is 9.62. The van der Waals surface area contributed by atoms with Gasteiger partial charge in [-0.15, -0.1) is 0 Å². The Morgan fingerprint density at radius 3 is 2.67 bits per heavy atom. The summed E-state index contributed by atoms with van der Waals surface area (Å²) in [5.41, 5.74) is 0. The van der Waals surface area contributed by atoms with E-state index in [9.17, 15) is 5.11 Å². The maximum absolute atomic E-state index is 9.62. The summed E-state index contributed by atoms with van der Waals surface area (Å²) >= 11 is 0. The minimum absolute atomic E-state index is 0.388. The zero-order chi connectivity index (χ0) is 13.1. The number of piperidine rings is 1. The Hall–Kier alpha value is -0.160. The molecule has 1 aliphatic heterocycles. The number of ether oxygens (including phenoxy) is 2. The third-order valence-electron chi connectivity index (χ3n) is 3.29. The molecule has 0 aliphatic carbocycles. The Balaban J connectivity index is 1.86. The van der Waals surface area contributed by atoms with Gasteiger partial charge in [0.2, 0.25) is 0 Å². The van der Waals surface area contributed by atoms with E-state index in [0.29, 0.717) is 19.3 Å². The monoisotopic (exact) mass is 259 g/mol. The molecule has 1 heterocycles. The lowest BCUT2D eigenvalue weighted by molar-refractivity contribution is -0.0210. The second kappa shape index (κ2) is 10.7. The lowest BCUT2D eigenvalue weighted by Crippen LogP contribution is -2.35. The average Bonchev–Trinajstić information content (AvgIpc) is 2.41. The SMILES string of the molecule is CCCCOCC(O)COCCC1CCCCN1. The van der Waals surface area contributed by atoms with Crippen molar-refractivity contribution in [2.45, 2.75) is 57.6 Å². The molecule has 1 rings (SSSR count).